The van der Waals surface area contributed by atoms with E-state index in [0.717, 1.165) is 33.4 Å². The molecule has 2 aromatic carbocycles. The van der Waals surface area contributed by atoms with Gasteiger partial charge in [0.15, 0.2) is 0 Å². The van der Waals surface area contributed by atoms with E-state index in [4.69, 9.17) is 0 Å². The fourth-order valence-electron chi connectivity index (χ4n) is 3.61. The van der Waals surface area contributed by atoms with Gasteiger partial charge in [-0.05, 0) is 42.0 Å². The number of halogens is 3. The van der Waals surface area contributed by atoms with Gasteiger partial charge in [-0.1, -0.05) is 18.2 Å². The lowest BCUT2D eigenvalue weighted by Crippen LogP contribution is -2.44. The molecular formula is C23H20F3N5O2. The van der Waals surface area contributed by atoms with Crippen molar-refractivity contribution in [1.29, 1.82) is 0 Å². The maximum absolute atomic E-state index is 13.1. The zero-order valence-electron chi connectivity index (χ0n) is 17.5. The smallest absolute Gasteiger partial charge is 0.361 e. The van der Waals surface area contributed by atoms with Crippen LogP contribution in [0.15, 0.2) is 67.0 Å². The summed E-state index contributed by atoms with van der Waals surface area (Å²) in [6.07, 6.45) is -1.42. The van der Waals surface area contributed by atoms with Gasteiger partial charge in [-0.3, -0.25) is 9.59 Å². The van der Waals surface area contributed by atoms with Crippen LogP contribution in [0.2, 0.25) is 0 Å². The predicted molar refractivity (Wildman–Crippen MR) is 117 cm³/mol. The van der Waals surface area contributed by atoms with Gasteiger partial charge < -0.3 is 15.6 Å². The van der Waals surface area contributed by atoms with Gasteiger partial charge in [0.1, 0.15) is 11.7 Å². The van der Waals surface area contributed by atoms with Gasteiger partial charge in [-0.2, -0.15) is 18.3 Å². The molecule has 2 amide bonds. The minimum Gasteiger partial charge on any atom is -0.361 e. The minimum absolute atomic E-state index is 0.197. The zero-order chi connectivity index (χ0) is 23.6. The number of alkyl halides is 3. The van der Waals surface area contributed by atoms with E-state index in [-0.39, 0.29) is 18.0 Å². The molecular weight excluding hydrogens is 435 g/mol. The highest BCUT2D eigenvalue weighted by molar-refractivity contribution is 5.97. The van der Waals surface area contributed by atoms with Crippen LogP contribution in [0.1, 0.15) is 18.2 Å². The molecule has 0 bridgehead atoms. The molecule has 33 heavy (non-hydrogen) atoms. The molecule has 1 unspecified atom stereocenters. The van der Waals surface area contributed by atoms with Crippen LogP contribution in [0.25, 0.3) is 16.6 Å². The summed E-state index contributed by atoms with van der Waals surface area (Å²) in [7, 11) is 0. The van der Waals surface area contributed by atoms with Crippen LogP contribution in [0.5, 0.6) is 0 Å². The number of H-pyrrole nitrogens is 1. The van der Waals surface area contributed by atoms with Crippen LogP contribution in [0.3, 0.4) is 0 Å². The van der Waals surface area contributed by atoms with Crippen molar-refractivity contribution in [1.82, 2.24) is 20.1 Å². The molecule has 0 saturated heterocycles. The van der Waals surface area contributed by atoms with Gasteiger partial charge in [0, 0.05) is 36.1 Å². The summed E-state index contributed by atoms with van der Waals surface area (Å²) in [6, 6.07) is 13.5. The number of hydrogen-bond acceptors (Lipinski definition) is 3. The number of para-hydroxylation sites is 1. The molecule has 0 radical (unpaired) electrons. The summed E-state index contributed by atoms with van der Waals surface area (Å²) in [5.74, 6) is -0.804. The number of carbonyl (C=O) groups excluding carboxylic acids is 2. The lowest BCUT2D eigenvalue weighted by Gasteiger charge is -2.18. The standard InChI is InChI=1S/C23H20F3N5O2/c1-14(32)29-20(12-15-13-27-19-5-3-2-4-18(15)19)22(33)30-16-6-8-17(9-7-16)31-21(10-11-28-31)23(24,25)26/h2-11,13,20,27H,12H2,1H3,(H,29,32)(H,30,33). The number of carbonyl (C=O) groups is 2. The van der Waals surface area contributed by atoms with Crippen LogP contribution in [0, 0.1) is 0 Å². The number of benzene rings is 2. The fraction of sp³-hybridized carbons (Fsp3) is 0.174. The Morgan fingerprint density at radius 1 is 1.09 bits per heavy atom. The van der Waals surface area contributed by atoms with Gasteiger partial charge in [-0.25, -0.2) is 4.68 Å². The Labute approximate surface area is 186 Å². The van der Waals surface area contributed by atoms with E-state index in [1.165, 1.54) is 31.2 Å². The first kappa shape index (κ1) is 22.1. The zero-order valence-corrected chi connectivity index (χ0v) is 17.5. The second kappa shape index (κ2) is 8.81. The van der Waals surface area contributed by atoms with Crippen molar-refractivity contribution in [2.45, 2.75) is 25.6 Å². The molecule has 0 aliphatic rings. The Bertz CT molecular complexity index is 1290. The van der Waals surface area contributed by atoms with Crippen molar-refractivity contribution in [2.24, 2.45) is 0 Å². The van der Waals surface area contributed by atoms with E-state index in [9.17, 15) is 22.8 Å². The largest absolute Gasteiger partial charge is 0.433 e. The summed E-state index contributed by atoms with van der Waals surface area (Å²) in [4.78, 5) is 27.7. The van der Waals surface area contributed by atoms with Crippen LogP contribution >= 0.6 is 0 Å². The Balaban J connectivity index is 1.51. The molecule has 10 heteroatoms. The van der Waals surface area contributed by atoms with Crippen molar-refractivity contribution in [3.63, 3.8) is 0 Å². The van der Waals surface area contributed by atoms with Crippen LogP contribution in [-0.4, -0.2) is 32.6 Å². The third-order valence-corrected chi connectivity index (χ3v) is 5.11. The molecule has 7 nitrogen and oxygen atoms in total. The molecule has 0 saturated carbocycles. The maximum atomic E-state index is 13.1. The van der Waals surface area contributed by atoms with Gasteiger partial charge >= 0.3 is 6.18 Å². The van der Waals surface area contributed by atoms with Gasteiger partial charge in [-0.15, -0.1) is 0 Å². The number of amides is 2. The molecule has 0 aliphatic carbocycles. The second-order valence-electron chi connectivity index (χ2n) is 7.48. The predicted octanol–water partition coefficient (Wildman–Crippen LogP) is 4.06. The molecule has 0 fully saturated rings. The van der Waals surface area contributed by atoms with Crippen LogP contribution < -0.4 is 10.6 Å². The third kappa shape index (κ3) is 4.89. The molecule has 0 spiro atoms. The Kier molecular flexibility index (Phi) is 5.91. The number of rotatable bonds is 6. The number of nitrogens with zero attached hydrogens (tertiary/aromatic N) is 2. The quantitative estimate of drug-likeness (QED) is 0.410. The topological polar surface area (TPSA) is 91.8 Å². The lowest BCUT2D eigenvalue weighted by molar-refractivity contribution is -0.142. The average Bonchev–Trinajstić information content (AvgIpc) is 3.41. The molecule has 2 aromatic heterocycles. The lowest BCUT2D eigenvalue weighted by atomic mass is 10.0. The fourth-order valence-corrected chi connectivity index (χ4v) is 3.61. The number of fused-ring (bicyclic) bond motifs is 1. The molecule has 0 aliphatic heterocycles. The van der Waals surface area contributed by atoms with Gasteiger partial charge in [0.25, 0.3) is 0 Å². The van der Waals surface area contributed by atoms with E-state index in [0.29, 0.717) is 5.69 Å². The maximum Gasteiger partial charge on any atom is 0.433 e. The normalized spacial score (nSPS) is 12.5. The highest BCUT2D eigenvalue weighted by Gasteiger charge is 2.35. The van der Waals surface area contributed by atoms with Crippen LogP contribution in [-0.2, 0) is 22.2 Å². The van der Waals surface area contributed by atoms with E-state index in [2.05, 4.69) is 20.7 Å². The molecule has 170 valence electrons. The number of hydrogen-bond donors (Lipinski definition) is 3. The molecule has 3 N–H and O–H groups in total. The van der Waals surface area contributed by atoms with Gasteiger partial charge in [0.2, 0.25) is 11.8 Å². The summed E-state index contributed by atoms with van der Waals surface area (Å²) in [5, 5.41) is 10.0. The Hall–Kier alpha value is -4.08. The highest BCUT2D eigenvalue weighted by atomic mass is 19.4. The first-order chi connectivity index (χ1) is 15.7. The van der Waals surface area contributed by atoms with Crippen molar-refractivity contribution in [2.75, 3.05) is 5.32 Å². The monoisotopic (exact) mass is 455 g/mol. The average molecular weight is 455 g/mol. The van der Waals surface area contributed by atoms with Gasteiger partial charge in [0.05, 0.1) is 11.9 Å². The summed E-state index contributed by atoms with van der Waals surface area (Å²) in [5.41, 5.74) is 1.46. The molecule has 2 heterocycles. The van der Waals surface area contributed by atoms with Crippen molar-refractivity contribution >= 4 is 28.4 Å². The molecule has 4 aromatic rings. The molecule has 1 atom stereocenters. The molecule has 4 rings (SSSR count). The van der Waals surface area contributed by atoms with E-state index < -0.39 is 23.8 Å². The highest BCUT2D eigenvalue weighted by Crippen LogP contribution is 2.30. The summed E-state index contributed by atoms with van der Waals surface area (Å²) in [6.45, 7) is 1.33. The van der Waals surface area contributed by atoms with Crippen molar-refractivity contribution in [3.8, 4) is 5.69 Å². The third-order valence-electron chi connectivity index (χ3n) is 5.11. The Morgan fingerprint density at radius 3 is 2.52 bits per heavy atom. The summed E-state index contributed by atoms with van der Waals surface area (Å²) < 4.78 is 40.1. The van der Waals surface area contributed by atoms with Crippen molar-refractivity contribution < 1.29 is 22.8 Å². The number of aromatic amines is 1. The Morgan fingerprint density at radius 2 is 1.82 bits per heavy atom. The summed E-state index contributed by atoms with van der Waals surface area (Å²) >= 11 is 0. The second-order valence-corrected chi connectivity index (χ2v) is 7.48. The number of nitrogens with one attached hydrogen (secondary N) is 3. The van der Waals surface area contributed by atoms with Crippen LogP contribution in [0.4, 0.5) is 18.9 Å². The first-order valence-electron chi connectivity index (χ1n) is 10.1. The van der Waals surface area contributed by atoms with Crippen molar-refractivity contribution in [3.05, 3.63) is 78.2 Å². The van der Waals surface area contributed by atoms with E-state index in [1.54, 1.807) is 6.20 Å². The number of anilines is 1. The number of aromatic nitrogens is 3. The minimum atomic E-state index is -4.54. The van der Waals surface area contributed by atoms with E-state index >= 15 is 0 Å². The SMILES string of the molecule is CC(=O)NC(Cc1c[nH]c2ccccc12)C(=O)Nc1ccc(-n2nccc2C(F)(F)F)cc1. The van der Waals surface area contributed by atoms with E-state index in [1.807, 2.05) is 24.3 Å². The first-order valence-corrected chi connectivity index (χ1v) is 10.1.